The predicted octanol–water partition coefficient (Wildman–Crippen LogP) is 0.127. The van der Waals surface area contributed by atoms with Gasteiger partial charge in [0.05, 0.1) is 0 Å². The number of hydrogen-bond donors (Lipinski definition) is 0. The zero-order valence-corrected chi connectivity index (χ0v) is 10.0. The Kier molecular flexibility index (Phi) is 15.5. The van der Waals surface area contributed by atoms with Crippen LogP contribution in [0.2, 0.25) is 0 Å². The van der Waals surface area contributed by atoms with Gasteiger partial charge in [-0.1, -0.05) is 0 Å². The van der Waals surface area contributed by atoms with Crippen LogP contribution in [0.5, 0.6) is 0 Å². The van der Waals surface area contributed by atoms with Crippen molar-refractivity contribution in [3.05, 3.63) is 0 Å². The van der Waals surface area contributed by atoms with Gasteiger partial charge < -0.3 is 4.74 Å². The van der Waals surface area contributed by atoms with Gasteiger partial charge in [-0.15, -0.1) is 0 Å². The Hall–Kier alpha value is 0.882. The molecule has 0 aromatic heterocycles. The van der Waals surface area contributed by atoms with Crippen molar-refractivity contribution in [1.29, 1.82) is 0 Å². The summed E-state index contributed by atoms with van der Waals surface area (Å²) in [7, 11) is 0. The van der Waals surface area contributed by atoms with E-state index in [1.165, 1.54) is 0 Å². The van der Waals surface area contributed by atoms with Gasteiger partial charge in [0, 0.05) is 13.2 Å². The van der Waals surface area contributed by atoms with Gasteiger partial charge in [-0.25, -0.2) is 0 Å². The normalized spacial score (nSPS) is 7.00. The topological polar surface area (TPSA) is 9.23 Å². The van der Waals surface area contributed by atoms with E-state index in [0.29, 0.717) is 0 Å². The molecule has 0 aliphatic rings. The van der Waals surface area contributed by atoms with Crippen molar-refractivity contribution >= 4 is 27.3 Å². The molecule has 0 amide bonds. The molecule has 0 fully saturated rings. The standard InChI is InChI=1S/C4H10O.Pb.2H/c1-3-5-4-2;;;/h3-4H2,1-2H3;;;. The van der Waals surface area contributed by atoms with E-state index in [9.17, 15) is 0 Å². The third-order valence-electron chi connectivity index (χ3n) is 0.408. The first-order chi connectivity index (χ1) is 2.41. The van der Waals surface area contributed by atoms with E-state index >= 15 is 0 Å². The molecule has 0 aromatic carbocycles. The summed E-state index contributed by atoms with van der Waals surface area (Å²) in [4.78, 5) is 0. The molecule has 0 aliphatic heterocycles. The molecule has 0 saturated heterocycles. The molecule has 2 heteroatoms. The Labute approximate surface area is 59.2 Å². The molecule has 0 heterocycles. The summed E-state index contributed by atoms with van der Waals surface area (Å²) in [5.41, 5.74) is 0. The number of ether oxygens (including phenoxy) is 1. The van der Waals surface area contributed by atoms with Crippen LogP contribution in [-0.2, 0) is 4.74 Å². The van der Waals surface area contributed by atoms with Crippen molar-refractivity contribution in [3.8, 4) is 0 Å². The third-order valence-corrected chi connectivity index (χ3v) is 0.408. The van der Waals surface area contributed by atoms with E-state index < -0.39 is 0 Å². The Morgan fingerprint density at radius 3 is 1.50 bits per heavy atom. The summed E-state index contributed by atoms with van der Waals surface area (Å²) >= 11 is 0. The summed E-state index contributed by atoms with van der Waals surface area (Å²) in [5.74, 6) is 0. The van der Waals surface area contributed by atoms with Gasteiger partial charge in [0.2, 0.25) is 0 Å². The molecule has 0 spiro atoms. The Morgan fingerprint density at radius 1 is 1.17 bits per heavy atom. The number of hydrogen-bond acceptors (Lipinski definition) is 1. The van der Waals surface area contributed by atoms with Gasteiger partial charge >= 0.3 is 27.3 Å². The van der Waals surface area contributed by atoms with Crippen LogP contribution < -0.4 is 0 Å². The predicted molar refractivity (Wildman–Crippen MR) is 30.7 cm³/mol. The molecule has 0 unspecified atom stereocenters. The van der Waals surface area contributed by atoms with Crippen molar-refractivity contribution in [2.45, 2.75) is 13.8 Å². The molecule has 1 nitrogen and oxygen atoms in total. The van der Waals surface area contributed by atoms with Gasteiger partial charge in [0.15, 0.2) is 0 Å². The van der Waals surface area contributed by atoms with Crippen molar-refractivity contribution in [3.63, 3.8) is 0 Å². The zero-order chi connectivity index (χ0) is 4.12. The van der Waals surface area contributed by atoms with E-state index in [2.05, 4.69) is 0 Å². The minimum atomic E-state index is 0. The zero-order valence-electron chi connectivity index (χ0n) is 4.53. The maximum atomic E-state index is 4.83. The molecule has 0 saturated carbocycles. The van der Waals surface area contributed by atoms with E-state index in [4.69, 9.17) is 4.74 Å². The summed E-state index contributed by atoms with van der Waals surface area (Å²) < 4.78 is 4.83. The van der Waals surface area contributed by atoms with Crippen LogP contribution in [0.1, 0.15) is 13.8 Å². The van der Waals surface area contributed by atoms with Crippen molar-refractivity contribution < 1.29 is 4.74 Å². The molecule has 0 bridgehead atoms. The molecule has 0 aromatic rings. The van der Waals surface area contributed by atoms with Gasteiger partial charge in [-0.05, 0) is 13.8 Å². The Balaban J connectivity index is 0. The second-order valence-corrected chi connectivity index (χ2v) is 0.781. The van der Waals surface area contributed by atoms with E-state index in [0.717, 1.165) is 13.2 Å². The van der Waals surface area contributed by atoms with Gasteiger partial charge in [0.1, 0.15) is 0 Å². The fourth-order valence-electron chi connectivity index (χ4n) is 0.204. The summed E-state index contributed by atoms with van der Waals surface area (Å²) in [6.07, 6.45) is 0. The van der Waals surface area contributed by atoms with Crippen molar-refractivity contribution in [1.82, 2.24) is 0 Å². The monoisotopic (exact) mass is 284 g/mol. The third kappa shape index (κ3) is 8.86. The fourth-order valence-corrected chi connectivity index (χ4v) is 0.204. The van der Waals surface area contributed by atoms with Gasteiger partial charge in [0.25, 0.3) is 0 Å². The second-order valence-electron chi connectivity index (χ2n) is 0.781. The van der Waals surface area contributed by atoms with Crippen LogP contribution in [0.15, 0.2) is 0 Å². The van der Waals surface area contributed by atoms with E-state index in [-0.39, 0.29) is 27.3 Å². The molecule has 38 valence electrons. The fraction of sp³-hybridized carbons (Fsp3) is 1.00. The van der Waals surface area contributed by atoms with E-state index in [1.807, 2.05) is 13.8 Å². The molecule has 6 heavy (non-hydrogen) atoms. The molecule has 0 atom stereocenters. The first-order valence-electron chi connectivity index (χ1n) is 1.99. The van der Waals surface area contributed by atoms with Crippen LogP contribution in [-0.4, -0.2) is 40.5 Å². The van der Waals surface area contributed by atoms with E-state index in [1.54, 1.807) is 0 Å². The second kappa shape index (κ2) is 9.30. The maximum absolute atomic E-state index is 4.83. The molecule has 0 N–H and O–H groups in total. The summed E-state index contributed by atoms with van der Waals surface area (Å²) in [6, 6.07) is 0. The molecule has 0 rings (SSSR count). The Morgan fingerprint density at radius 2 is 1.50 bits per heavy atom. The van der Waals surface area contributed by atoms with Crippen molar-refractivity contribution in [2.75, 3.05) is 13.2 Å². The summed E-state index contributed by atoms with van der Waals surface area (Å²) in [5, 5.41) is 0. The van der Waals surface area contributed by atoms with Gasteiger partial charge in [-0.2, -0.15) is 0 Å². The van der Waals surface area contributed by atoms with Crippen LogP contribution in [0.4, 0.5) is 0 Å². The van der Waals surface area contributed by atoms with Gasteiger partial charge in [-0.3, -0.25) is 0 Å². The first kappa shape index (κ1) is 9.99. The first-order valence-corrected chi connectivity index (χ1v) is 1.99. The summed E-state index contributed by atoms with van der Waals surface area (Å²) in [6.45, 7) is 5.67. The quantitative estimate of drug-likeness (QED) is 0.655. The number of rotatable bonds is 2. The molecular weight excluding hydrogens is 271 g/mol. The van der Waals surface area contributed by atoms with Crippen LogP contribution >= 0.6 is 0 Å². The minimum absolute atomic E-state index is 0. The SMILES string of the molecule is CCOCC.[PbH2]. The Bertz CT molecular complexity index is 15.0. The van der Waals surface area contributed by atoms with Crippen LogP contribution in [0.25, 0.3) is 0 Å². The molecule has 2 radical (unpaired) electrons. The molecule has 0 aliphatic carbocycles. The average Bonchev–Trinajstić information content (AvgIpc) is 1.41. The van der Waals surface area contributed by atoms with Crippen LogP contribution in [0, 0.1) is 0 Å². The molecular formula is C4H12OPb. The van der Waals surface area contributed by atoms with Crippen LogP contribution in [0.3, 0.4) is 0 Å². The average molecular weight is 283 g/mol. The van der Waals surface area contributed by atoms with Crippen molar-refractivity contribution in [2.24, 2.45) is 0 Å².